The quantitative estimate of drug-likeness (QED) is 0.165. The van der Waals surface area contributed by atoms with Gasteiger partial charge in [-0.05, 0) is 126 Å². The molecule has 0 aliphatic heterocycles. The lowest BCUT2D eigenvalue weighted by Crippen LogP contribution is -2.14. The first kappa shape index (κ1) is 31.9. The van der Waals surface area contributed by atoms with Crippen LogP contribution < -0.4 is 4.90 Å². The van der Waals surface area contributed by atoms with Gasteiger partial charge in [-0.15, -0.1) is 11.3 Å². The third-order valence-corrected chi connectivity index (χ3v) is 12.7. The Hall–Kier alpha value is -6.55. The van der Waals surface area contributed by atoms with E-state index in [1.807, 2.05) is 0 Å². The van der Waals surface area contributed by atoms with Crippen molar-refractivity contribution in [3.63, 3.8) is 0 Å². The van der Waals surface area contributed by atoms with E-state index in [0.29, 0.717) is 0 Å². The van der Waals surface area contributed by atoms with Crippen molar-refractivity contribution in [3.8, 4) is 32.8 Å². The molecule has 0 unspecified atom stereocenters. The van der Waals surface area contributed by atoms with Crippen LogP contribution in [-0.4, -0.2) is 4.98 Å². The zero-order valence-corrected chi connectivity index (χ0v) is 31.4. The lowest BCUT2D eigenvalue weighted by molar-refractivity contribution is 0.662. The molecule has 1 aliphatic carbocycles. The van der Waals surface area contributed by atoms with Gasteiger partial charge in [-0.2, -0.15) is 0 Å². The van der Waals surface area contributed by atoms with E-state index in [0.717, 1.165) is 27.6 Å². The van der Waals surface area contributed by atoms with Gasteiger partial charge in [0.15, 0.2) is 0 Å². The minimum Gasteiger partial charge on any atom is -0.310 e. The second-order valence-electron chi connectivity index (χ2n) is 15.2. The molecule has 1 aromatic heterocycles. The Morgan fingerprint density at radius 3 is 1.76 bits per heavy atom. The van der Waals surface area contributed by atoms with Crippen LogP contribution in [-0.2, 0) is 5.41 Å². The number of hydrogen-bond donors (Lipinski definition) is 0. The zero-order valence-electron chi connectivity index (χ0n) is 30.6. The Morgan fingerprint density at radius 2 is 1.00 bits per heavy atom. The molecule has 0 saturated heterocycles. The maximum absolute atomic E-state index is 5.10. The lowest BCUT2D eigenvalue weighted by atomic mass is 9.81. The third-order valence-electron chi connectivity index (χ3n) is 11.6. The molecule has 11 rings (SSSR count). The van der Waals surface area contributed by atoms with E-state index in [2.05, 4.69) is 201 Å². The topological polar surface area (TPSA) is 16.1 Å². The molecule has 1 aliphatic rings. The fraction of sp³-hybridized carbons (Fsp3) is 0.0577. The molecule has 0 bridgehead atoms. The van der Waals surface area contributed by atoms with Crippen LogP contribution >= 0.6 is 11.3 Å². The third kappa shape index (κ3) is 5.19. The van der Waals surface area contributed by atoms with E-state index in [1.165, 1.54) is 76.0 Å². The van der Waals surface area contributed by atoms with E-state index in [9.17, 15) is 0 Å². The number of rotatable bonds is 5. The molecule has 10 aromatic rings. The first-order valence-corrected chi connectivity index (χ1v) is 19.8. The second-order valence-corrected chi connectivity index (χ2v) is 16.3. The van der Waals surface area contributed by atoms with E-state index < -0.39 is 0 Å². The smallest absolute Gasteiger partial charge is 0.124 e. The van der Waals surface area contributed by atoms with Crippen molar-refractivity contribution >= 4 is 70.9 Å². The zero-order chi connectivity index (χ0) is 36.7. The standard InChI is InChI=1S/C52H36N2S/c1-52(2)47-29-39-18-17-38-28-42(54(41-24-21-34-13-9-10-16-37(34)27-41)40-22-19-35(20-23-40)33-11-5-3-6-12-33)25-26-43(38)44(39)30-45(47)46-31-50-49(32-48(46)52)53-51(55-50)36-14-7-4-8-15-36/h3-32H,1-2H3. The Labute approximate surface area is 324 Å². The predicted octanol–water partition coefficient (Wildman–Crippen LogP) is 14.9. The maximum Gasteiger partial charge on any atom is 0.124 e. The molecule has 0 amide bonds. The van der Waals surface area contributed by atoms with Gasteiger partial charge in [0.25, 0.3) is 0 Å². The van der Waals surface area contributed by atoms with Crippen molar-refractivity contribution in [3.05, 3.63) is 193 Å². The fourth-order valence-electron chi connectivity index (χ4n) is 8.74. The van der Waals surface area contributed by atoms with Crippen molar-refractivity contribution in [2.75, 3.05) is 4.90 Å². The van der Waals surface area contributed by atoms with Crippen LogP contribution in [0.2, 0.25) is 0 Å². The monoisotopic (exact) mass is 720 g/mol. The molecule has 3 heteroatoms. The average molecular weight is 721 g/mol. The average Bonchev–Trinajstić information content (AvgIpc) is 3.75. The summed E-state index contributed by atoms with van der Waals surface area (Å²) in [6, 6.07) is 66.6. The van der Waals surface area contributed by atoms with Gasteiger partial charge in [-0.25, -0.2) is 4.98 Å². The summed E-state index contributed by atoms with van der Waals surface area (Å²) in [5.41, 5.74) is 13.3. The van der Waals surface area contributed by atoms with Gasteiger partial charge in [-0.1, -0.05) is 135 Å². The Morgan fingerprint density at radius 1 is 0.436 bits per heavy atom. The van der Waals surface area contributed by atoms with Gasteiger partial charge in [-0.3, -0.25) is 0 Å². The van der Waals surface area contributed by atoms with Crippen LogP contribution in [0.25, 0.3) is 75.4 Å². The predicted molar refractivity (Wildman–Crippen MR) is 235 cm³/mol. The van der Waals surface area contributed by atoms with E-state index in [1.54, 1.807) is 11.3 Å². The van der Waals surface area contributed by atoms with Crippen molar-refractivity contribution in [1.82, 2.24) is 4.98 Å². The highest BCUT2D eigenvalue weighted by Crippen LogP contribution is 2.52. The minimum absolute atomic E-state index is 0.126. The second kappa shape index (κ2) is 12.2. The SMILES string of the molecule is CC1(C)c2cc3ccc4cc(N(c5ccc(-c6ccccc6)cc5)c5ccc6ccccc6c5)ccc4c3cc2-c2cc3sc(-c4ccccc4)nc3cc21. The first-order chi connectivity index (χ1) is 27.0. The molecule has 0 atom stereocenters. The van der Waals surface area contributed by atoms with Gasteiger partial charge < -0.3 is 4.90 Å². The van der Waals surface area contributed by atoms with Crippen LogP contribution in [0.1, 0.15) is 25.0 Å². The number of thiazole rings is 1. The molecule has 2 nitrogen and oxygen atoms in total. The molecule has 0 saturated carbocycles. The summed E-state index contributed by atoms with van der Waals surface area (Å²) in [6.45, 7) is 4.72. The maximum atomic E-state index is 5.10. The summed E-state index contributed by atoms with van der Waals surface area (Å²) >= 11 is 1.78. The van der Waals surface area contributed by atoms with Crippen LogP contribution in [0.4, 0.5) is 17.1 Å². The van der Waals surface area contributed by atoms with Gasteiger partial charge in [0.05, 0.1) is 10.2 Å². The van der Waals surface area contributed by atoms with Crippen LogP contribution in [0, 0.1) is 0 Å². The lowest BCUT2D eigenvalue weighted by Gasteiger charge is -2.26. The summed E-state index contributed by atoms with van der Waals surface area (Å²) in [5, 5.41) is 8.57. The largest absolute Gasteiger partial charge is 0.310 e. The molecule has 55 heavy (non-hydrogen) atoms. The van der Waals surface area contributed by atoms with Crippen molar-refractivity contribution in [1.29, 1.82) is 0 Å². The summed E-state index contributed by atoms with van der Waals surface area (Å²) in [4.78, 5) is 7.48. The molecular weight excluding hydrogens is 685 g/mol. The van der Waals surface area contributed by atoms with Crippen LogP contribution in [0.5, 0.6) is 0 Å². The highest BCUT2D eigenvalue weighted by molar-refractivity contribution is 7.21. The van der Waals surface area contributed by atoms with Crippen molar-refractivity contribution in [2.24, 2.45) is 0 Å². The molecule has 0 fully saturated rings. The fourth-order valence-corrected chi connectivity index (χ4v) is 9.73. The Balaban J connectivity index is 1.04. The molecule has 0 N–H and O–H groups in total. The molecule has 260 valence electrons. The highest BCUT2D eigenvalue weighted by atomic mass is 32.1. The van der Waals surface area contributed by atoms with Gasteiger partial charge in [0.1, 0.15) is 5.01 Å². The number of aromatic nitrogens is 1. The van der Waals surface area contributed by atoms with E-state index >= 15 is 0 Å². The number of nitrogens with zero attached hydrogens (tertiary/aromatic N) is 2. The number of benzene rings is 9. The van der Waals surface area contributed by atoms with Crippen molar-refractivity contribution < 1.29 is 0 Å². The summed E-state index contributed by atoms with van der Waals surface area (Å²) < 4.78 is 1.23. The van der Waals surface area contributed by atoms with Crippen molar-refractivity contribution in [2.45, 2.75) is 19.3 Å². The Kier molecular flexibility index (Phi) is 7.11. The number of hydrogen-bond acceptors (Lipinski definition) is 3. The van der Waals surface area contributed by atoms with E-state index in [4.69, 9.17) is 4.98 Å². The van der Waals surface area contributed by atoms with Gasteiger partial charge in [0.2, 0.25) is 0 Å². The summed E-state index contributed by atoms with van der Waals surface area (Å²) in [6.07, 6.45) is 0. The molecule has 0 radical (unpaired) electrons. The first-order valence-electron chi connectivity index (χ1n) is 18.9. The van der Waals surface area contributed by atoms with Gasteiger partial charge >= 0.3 is 0 Å². The molecular formula is C52H36N2S. The van der Waals surface area contributed by atoms with Crippen LogP contribution in [0.15, 0.2) is 182 Å². The van der Waals surface area contributed by atoms with Crippen LogP contribution in [0.3, 0.4) is 0 Å². The summed E-state index contributed by atoms with van der Waals surface area (Å²) in [5.74, 6) is 0. The Bertz CT molecular complexity index is 3110. The highest BCUT2D eigenvalue weighted by Gasteiger charge is 2.36. The van der Waals surface area contributed by atoms with E-state index in [-0.39, 0.29) is 5.41 Å². The minimum atomic E-state index is -0.126. The number of fused-ring (bicyclic) bond motifs is 8. The van der Waals surface area contributed by atoms with Gasteiger partial charge in [0, 0.05) is 28.0 Å². The molecule has 0 spiro atoms. The molecule has 9 aromatic carbocycles. The number of anilines is 3. The normalized spacial score (nSPS) is 13.1. The summed E-state index contributed by atoms with van der Waals surface area (Å²) in [7, 11) is 0. The molecule has 1 heterocycles.